The number of nitrogens with one attached hydrogen (secondary N) is 1. The summed E-state index contributed by atoms with van der Waals surface area (Å²) in [6.45, 7) is 4.71. The zero-order chi connectivity index (χ0) is 25.5. The van der Waals surface area contributed by atoms with Gasteiger partial charge in [0.1, 0.15) is 24.6 Å². The van der Waals surface area contributed by atoms with Gasteiger partial charge in [-0.1, -0.05) is 60.7 Å². The van der Waals surface area contributed by atoms with Crippen molar-refractivity contribution in [3.8, 4) is 0 Å². The molecule has 2 heterocycles. The van der Waals surface area contributed by atoms with Gasteiger partial charge in [-0.15, -0.1) is 0 Å². The second-order valence-corrected chi connectivity index (χ2v) is 13.0. The van der Waals surface area contributed by atoms with Gasteiger partial charge < -0.3 is 18.5 Å². The first-order valence-corrected chi connectivity index (χ1v) is 15.6. The van der Waals surface area contributed by atoms with Crippen LogP contribution in [0.1, 0.15) is 24.0 Å². The molecule has 1 fully saturated rings. The highest BCUT2D eigenvalue weighted by Crippen LogP contribution is 2.53. The molecule has 36 heavy (non-hydrogen) atoms. The Balaban J connectivity index is 1.45. The lowest BCUT2D eigenvalue weighted by atomic mass is 10.2. The van der Waals surface area contributed by atoms with E-state index in [2.05, 4.69) is 5.09 Å². The maximum Gasteiger partial charge on any atom is 0.198 e. The van der Waals surface area contributed by atoms with E-state index in [4.69, 9.17) is 9.47 Å². The van der Waals surface area contributed by atoms with Gasteiger partial charge in [0, 0.05) is 47.9 Å². The third-order valence-electron chi connectivity index (χ3n) is 6.57. The third-order valence-corrected chi connectivity index (χ3v) is 9.31. The van der Waals surface area contributed by atoms with Crippen molar-refractivity contribution in [1.29, 1.82) is 0 Å². The number of benzene rings is 2. The second-order valence-electron chi connectivity index (χ2n) is 9.26. The molecule has 8 nitrogen and oxygen atoms in total. The van der Waals surface area contributed by atoms with Crippen molar-refractivity contribution >= 4 is 28.9 Å². The molecule has 2 aliphatic rings. The van der Waals surface area contributed by atoms with Crippen LogP contribution in [-0.4, -0.2) is 69.1 Å². The molecule has 194 valence electrons. The minimum absolute atomic E-state index is 0.335. The van der Waals surface area contributed by atoms with E-state index in [0.29, 0.717) is 48.7 Å². The van der Waals surface area contributed by atoms with E-state index in [-0.39, 0.29) is 5.75 Å². The molecule has 4 rings (SSSR count). The van der Waals surface area contributed by atoms with Crippen LogP contribution in [0.4, 0.5) is 0 Å². The normalized spacial score (nSPS) is 19.1. The van der Waals surface area contributed by atoms with Gasteiger partial charge in [0.15, 0.2) is 7.29 Å². The number of rotatable bonds is 11. The number of quaternary nitrogens is 1. The molecule has 0 unspecified atom stereocenters. The first kappa shape index (κ1) is 26.8. The lowest BCUT2D eigenvalue weighted by Gasteiger charge is -2.41. The molecule has 0 radical (unpaired) electrons. The Bertz CT molecular complexity index is 1170. The Hall–Kier alpha value is -2.26. The lowest BCUT2D eigenvalue weighted by Crippen LogP contribution is -2.56. The summed E-state index contributed by atoms with van der Waals surface area (Å²) in [6, 6.07) is 19.2. The lowest BCUT2D eigenvalue weighted by molar-refractivity contribution is -0.935. The summed E-state index contributed by atoms with van der Waals surface area (Å²) in [5.74, 6) is 4.15. The number of hydrogen-bond acceptors (Lipinski definition) is 6. The third kappa shape index (κ3) is 7.62. The fourth-order valence-corrected chi connectivity index (χ4v) is 7.00. The molecule has 2 aliphatic heterocycles. The highest BCUT2D eigenvalue weighted by molar-refractivity contribution is 7.85. The van der Waals surface area contributed by atoms with Gasteiger partial charge in [-0.2, -0.15) is 0 Å². The molecule has 10 heteroatoms. The van der Waals surface area contributed by atoms with Crippen molar-refractivity contribution in [2.24, 2.45) is 0 Å². The predicted molar refractivity (Wildman–Crippen MR) is 140 cm³/mol. The molecular formula is C26H33N2O6PS. The molecule has 0 amide bonds. The van der Waals surface area contributed by atoms with Crippen molar-refractivity contribution in [1.82, 2.24) is 5.09 Å². The highest BCUT2D eigenvalue weighted by Gasteiger charge is 2.31. The Kier molecular flexibility index (Phi) is 8.83. The summed E-state index contributed by atoms with van der Waals surface area (Å²) in [5, 5.41) is 3.27. The molecule has 2 aromatic rings. The molecule has 1 N–H and O–H groups in total. The van der Waals surface area contributed by atoms with Crippen molar-refractivity contribution in [3.63, 3.8) is 0 Å². The summed E-state index contributed by atoms with van der Waals surface area (Å²) >= 11 is 0. The SMILES string of the molecule is O=P1(NCCC[N+]2(CCCS(=O)(=O)[O-])CCOCC2)C=C(c2ccccc2)OC(c2ccccc2)=C1. The Morgan fingerprint density at radius 2 is 1.39 bits per heavy atom. The van der Waals surface area contributed by atoms with E-state index >= 15 is 0 Å². The Morgan fingerprint density at radius 1 is 0.861 bits per heavy atom. The summed E-state index contributed by atoms with van der Waals surface area (Å²) in [5.41, 5.74) is 1.71. The fourth-order valence-electron chi connectivity index (χ4n) is 4.65. The number of hydrogen-bond donors (Lipinski definition) is 1. The first-order valence-electron chi connectivity index (χ1n) is 12.2. The molecule has 0 spiro atoms. The van der Waals surface area contributed by atoms with Crippen LogP contribution in [-0.2, 0) is 24.2 Å². The standard InChI is InChI=1S/C26H33N2O6PS/c29-35(27-13-7-14-28(16-18-33-19-17-28)15-8-20-36(30,31)32)21-25(23-9-3-1-4-10-23)34-26(22-35)24-11-5-2-6-12-24/h1-6,9-12,21-22H,7-8,13-20H2,(H-,27,29,30,31,32). The van der Waals surface area contributed by atoms with E-state index in [0.717, 1.165) is 37.2 Å². The summed E-state index contributed by atoms with van der Waals surface area (Å²) in [4.78, 5) is 0. The molecular weight excluding hydrogens is 499 g/mol. The van der Waals surface area contributed by atoms with Crippen LogP contribution in [0.3, 0.4) is 0 Å². The van der Waals surface area contributed by atoms with Crippen molar-refractivity contribution in [2.45, 2.75) is 12.8 Å². The number of ether oxygens (including phenoxy) is 2. The fraction of sp³-hybridized carbons (Fsp3) is 0.385. The molecule has 1 saturated heterocycles. The van der Waals surface area contributed by atoms with Gasteiger partial charge in [0.2, 0.25) is 0 Å². The van der Waals surface area contributed by atoms with Crippen LogP contribution in [0, 0.1) is 0 Å². The zero-order valence-electron chi connectivity index (χ0n) is 20.3. The average molecular weight is 533 g/mol. The van der Waals surface area contributed by atoms with Gasteiger partial charge in [-0.3, -0.25) is 9.65 Å². The van der Waals surface area contributed by atoms with Crippen LogP contribution >= 0.6 is 7.29 Å². The van der Waals surface area contributed by atoms with Crippen LogP contribution < -0.4 is 5.09 Å². The quantitative estimate of drug-likeness (QED) is 0.201. The van der Waals surface area contributed by atoms with Crippen molar-refractivity contribution < 1.29 is 31.5 Å². The summed E-state index contributed by atoms with van der Waals surface area (Å²) in [6.07, 6.45) is 1.08. The molecule has 0 aromatic heterocycles. The van der Waals surface area contributed by atoms with Gasteiger partial charge in [0.25, 0.3) is 0 Å². The van der Waals surface area contributed by atoms with Crippen molar-refractivity contribution in [3.05, 3.63) is 83.4 Å². The maximum absolute atomic E-state index is 13.9. The van der Waals surface area contributed by atoms with Crippen molar-refractivity contribution in [2.75, 3.05) is 51.7 Å². The Morgan fingerprint density at radius 3 is 1.92 bits per heavy atom. The smallest absolute Gasteiger partial charge is 0.198 e. The number of morpholine rings is 1. The largest absolute Gasteiger partial charge is 0.748 e. The molecule has 2 aromatic carbocycles. The minimum Gasteiger partial charge on any atom is -0.748 e. The van der Waals surface area contributed by atoms with E-state index in [1.165, 1.54) is 0 Å². The first-order chi connectivity index (χ1) is 17.3. The van der Waals surface area contributed by atoms with E-state index in [9.17, 15) is 17.5 Å². The number of nitrogens with zero attached hydrogens (tertiary/aromatic N) is 1. The zero-order valence-corrected chi connectivity index (χ0v) is 22.0. The molecule has 0 saturated carbocycles. The molecule has 0 bridgehead atoms. The van der Waals surface area contributed by atoms with Gasteiger partial charge in [-0.05, 0) is 0 Å². The summed E-state index contributed by atoms with van der Waals surface area (Å²) < 4.78 is 59.5. The van der Waals surface area contributed by atoms with Crippen LogP contribution in [0.15, 0.2) is 72.3 Å². The van der Waals surface area contributed by atoms with E-state index in [1.54, 1.807) is 11.6 Å². The van der Waals surface area contributed by atoms with Gasteiger partial charge >= 0.3 is 0 Å². The van der Waals surface area contributed by atoms with Crippen LogP contribution in [0.2, 0.25) is 0 Å². The monoisotopic (exact) mass is 532 g/mol. The summed E-state index contributed by atoms with van der Waals surface area (Å²) in [7, 11) is -7.26. The van der Waals surface area contributed by atoms with Gasteiger partial charge in [0.05, 0.1) is 36.4 Å². The van der Waals surface area contributed by atoms with Gasteiger partial charge in [-0.25, -0.2) is 8.42 Å². The van der Waals surface area contributed by atoms with E-state index in [1.807, 2.05) is 60.7 Å². The minimum atomic E-state index is -4.22. The van der Waals surface area contributed by atoms with E-state index < -0.39 is 17.4 Å². The van der Waals surface area contributed by atoms with Crippen LogP contribution in [0.5, 0.6) is 0 Å². The highest BCUT2D eigenvalue weighted by atomic mass is 32.2. The Labute approximate surface area is 213 Å². The average Bonchev–Trinajstić information content (AvgIpc) is 2.87. The second kappa shape index (κ2) is 11.9. The predicted octanol–water partition coefficient (Wildman–Crippen LogP) is 4.05. The maximum atomic E-state index is 13.9. The topological polar surface area (TPSA) is 105 Å². The molecule has 0 atom stereocenters. The van der Waals surface area contributed by atoms with Crippen LogP contribution in [0.25, 0.3) is 11.5 Å². The molecule has 0 aliphatic carbocycles.